The molecule has 0 aromatic heterocycles. The topological polar surface area (TPSA) is 40.5 Å². The molecule has 19 heavy (non-hydrogen) atoms. The van der Waals surface area contributed by atoms with Gasteiger partial charge in [0.2, 0.25) is 0 Å². The second-order valence-electron chi connectivity index (χ2n) is 4.78. The Morgan fingerprint density at radius 1 is 1.11 bits per heavy atom. The van der Waals surface area contributed by atoms with E-state index >= 15 is 0 Å². The molecule has 1 aliphatic heterocycles. The fourth-order valence-electron chi connectivity index (χ4n) is 2.76. The van der Waals surface area contributed by atoms with Crippen LogP contribution >= 0.6 is 0 Å². The highest BCUT2D eigenvalue weighted by Gasteiger charge is 2.31. The molecule has 3 rings (SSSR count). The highest BCUT2D eigenvalue weighted by Crippen LogP contribution is 2.39. The van der Waals surface area contributed by atoms with Crippen LogP contribution in [0, 0.1) is 0 Å². The van der Waals surface area contributed by atoms with E-state index in [9.17, 15) is 4.79 Å². The third-order valence-corrected chi connectivity index (χ3v) is 3.58. The molecule has 2 aromatic rings. The third-order valence-electron chi connectivity index (χ3n) is 3.58. The van der Waals surface area contributed by atoms with E-state index in [0.29, 0.717) is 0 Å². The molecule has 3 heteroatoms. The summed E-state index contributed by atoms with van der Waals surface area (Å²) < 4.78 is 0. The number of para-hydroxylation sites is 1. The van der Waals surface area contributed by atoms with Crippen LogP contribution in [0.1, 0.15) is 17.2 Å². The molecule has 96 valence electrons. The van der Waals surface area contributed by atoms with Crippen LogP contribution < -0.4 is 4.90 Å². The first-order valence-corrected chi connectivity index (χ1v) is 6.37. The van der Waals surface area contributed by atoms with Crippen LogP contribution in [-0.2, 0) is 11.2 Å². The van der Waals surface area contributed by atoms with Crippen molar-refractivity contribution < 1.29 is 9.90 Å². The quantitative estimate of drug-likeness (QED) is 0.914. The van der Waals surface area contributed by atoms with Crippen molar-refractivity contribution in [3.63, 3.8) is 0 Å². The minimum Gasteiger partial charge on any atom is -0.480 e. The number of rotatable bonds is 3. The zero-order valence-electron chi connectivity index (χ0n) is 10.5. The second-order valence-corrected chi connectivity index (χ2v) is 4.78. The summed E-state index contributed by atoms with van der Waals surface area (Å²) in [5.74, 6) is -0.794. The Balaban J connectivity index is 2.00. The molecule has 3 nitrogen and oxygen atoms in total. The highest BCUT2D eigenvalue weighted by atomic mass is 16.4. The molecule has 2 aromatic carbocycles. The van der Waals surface area contributed by atoms with Crippen LogP contribution in [0.25, 0.3) is 0 Å². The zero-order chi connectivity index (χ0) is 13.2. The first-order valence-electron chi connectivity index (χ1n) is 6.37. The highest BCUT2D eigenvalue weighted by molar-refractivity contribution is 5.76. The lowest BCUT2D eigenvalue weighted by atomic mass is 10.0. The SMILES string of the molecule is O=C(O)CN1c2ccccc2C[C@H]1c1ccccc1. The van der Waals surface area contributed by atoms with Crippen LogP contribution in [0.2, 0.25) is 0 Å². The average molecular weight is 253 g/mol. The van der Waals surface area contributed by atoms with Crippen molar-refractivity contribution in [3.05, 3.63) is 65.7 Å². The maximum absolute atomic E-state index is 11.1. The van der Waals surface area contributed by atoms with Gasteiger partial charge in [-0.3, -0.25) is 4.79 Å². The van der Waals surface area contributed by atoms with Crippen LogP contribution in [0.15, 0.2) is 54.6 Å². The van der Waals surface area contributed by atoms with Crippen molar-refractivity contribution in [3.8, 4) is 0 Å². The van der Waals surface area contributed by atoms with E-state index in [0.717, 1.165) is 12.1 Å². The fraction of sp³-hybridized carbons (Fsp3) is 0.188. The molecule has 0 radical (unpaired) electrons. The molecule has 0 unspecified atom stereocenters. The first-order chi connectivity index (χ1) is 9.25. The van der Waals surface area contributed by atoms with Gasteiger partial charge in [-0.25, -0.2) is 0 Å². The van der Waals surface area contributed by atoms with Gasteiger partial charge in [-0.2, -0.15) is 0 Å². The van der Waals surface area contributed by atoms with E-state index in [2.05, 4.69) is 18.2 Å². The van der Waals surface area contributed by atoms with Crippen LogP contribution in [-0.4, -0.2) is 17.6 Å². The predicted octanol–water partition coefficient (Wildman–Crippen LogP) is 2.88. The van der Waals surface area contributed by atoms with E-state index in [1.807, 2.05) is 41.3 Å². The zero-order valence-corrected chi connectivity index (χ0v) is 10.5. The molecule has 0 amide bonds. The third kappa shape index (κ3) is 2.19. The molecule has 0 fully saturated rings. The lowest BCUT2D eigenvalue weighted by molar-refractivity contribution is -0.135. The molecule has 0 bridgehead atoms. The Bertz CT molecular complexity index is 595. The van der Waals surface area contributed by atoms with Gasteiger partial charge in [0.05, 0.1) is 6.04 Å². The Labute approximate surface area is 112 Å². The van der Waals surface area contributed by atoms with Crippen molar-refractivity contribution in [1.82, 2.24) is 0 Å². The summed E-state index contributed by atoms with van der Waals surface area (Å²) in [6, 6.07) is 18.3. The summed E-state index contributed by atoms with van der Waals surface area (Å²) in [5.41, 5.74) is 3.43. The number of carboxylic acid groups (broad SMARTS) is 1. The number of aliphatic carboxylic acids is 1. The van der Waals surface area contributed by atoms with Crippen molar-refractivity contribution in [2.45, 2.75) is 12.5 Å². The average Bonchev–Trinajstić information content (AvgIpc) is 2.78. The standard InChI is InChI=1S/C16H15NO2/c18-16(19)11-17-14-9-5-4-8-13(14)10-15(17)12-6-2-1-3-7-12/h1-9,15H,10-11H2,(H,18,19)/t15-/m0/s1. The summed E-state index contributed by atoms with van der Waals surface area (Å²) in [5, 5.41) is 9.12. The normalized spacial score (nSPS) is 17.3. The lowest BCUT2D eigenvalue weighted by Gasteiger charge is -2.26. The number of nitrogens with zero attached hydrogens (tertiary/aromatic N) is 1. The van der Waals surface area contributed by atoms with E-state index in [1.54, 1.807) is 0 Å². The Kier molecular flexibility index (Phi) is 2.95. The van der Waals surface area contributed by atoms with Gasteiger partial charge in [-0.05, 0) is 23.6 Å². The second kappa shape index (κ2) is 4.76. The van der Waals surface area contributed by atoms with Gasteiger partial charge in [-0.1, -0.05) is 48.5 Å². The number of anilines is 1. The molecule has 1 N–H and O–H groups in total. The predicted molar refractivity (Wildman–Crippen MR) is 74.3 cm³/mol. The minimum absolute atomic E-state index is 0.0383. The largest absolute Gasteiger partial charge is 0.480 e. The van der Waals surface area contributed by atoms with E-state index in [-0.39, 0.29) is 12.6 Å². The van der Waals surface area contributed by atoms with Crippen molar-refractivity contribution >= 4 is 11.7 Å². The Morgan fingerprint density at radius 3 is 2.53 bits per heavy atom. The summed E-state index contributed by atoms with van der Waals surface area (Å²) in [6.45, 7) is 0.0383. The summed E-state index contributed by atoms with van der Waals surface area (Å²) in [7, 11) is 0. The van der Waals surface area contributed by atoms with Crippen molar-refractivity contribution in [1.29, 1.82) is 0 Å². The number of benzene rings is 2. The maximum Gasteiger partial charge on any atom is 0.323 e. The molecule has 1 heterocycles. The van der Waals surface area contributed by atoms with E-state index < -0.39 is 5.97 Å². The minimum atomic E-state index is -0.794. The van der Waals surface area contributed by atoms with Gasteiger partial charge in [-0.15, -0.1) is 0 Å². The monoisotopic (exact) mass is 253 g/mol. The summed E-state index contributed by atoms with van der Waals surface area (Å²) in [4.78, 5) is 13.1. The molecule has 1 aliphatic rings. The molecule has 0 aliphatic carbocycles. The summed E-state index contributed by atoms with van der Waals surface area (Å²) in [6.07, 6.45) is 0.869. The Hall–Kier alpha value is -2.29. The van der Waals surface area contributed by atoms with Gasteiger partial charge >= 0.3 is 5.97 Å². The molecular formula is C16H15NO2. The molecule has 0 saturated carbocycles. The number of carbonyl (C=O) groups is 1. The first kappa shape index (κ1) is 11.8. The summed E-state index contributed by atoms with van der Waals surface area (Å²) >= 11 is 0. The van der Waals surface area contributed by atoms with Crippen LogP contribution in [0.5, 0.6) is 0 Å². The van der Waals surface area contributed by atoms with Crippen molar-refractivity contribution in [2.24, 2.45) is 0 Å². The maximum atomic E-state index is 11.1. The van der Waals surface area contributed by atoms with E-state index in [4.69, 9.17) is 5.11 Å². The van der Waals surface area contributed by atoms with Gasteiger partial charge < -0.3 is 10.0 Å². The van der Waals surface area contributed by atoms with Crippen LogP contribution in [0.3, 0.4) is 0 Å². The van der Waals surface area contributed by atoms with Crippen molar-refractivity contribution in [2.75, 3.05) is 11.4 Å². The van der Waals surface area contributed by atoms with Gasteiger partial charge in [0.1, 0.15) is 6.54 Å². The molecular weight excluding hydrogens is 238 g/mol. The molecule has 0 saturated heterocycles. The number of hydrogen-bond acceptors (Lipinski definition) is 2. The number of fused-ring (bicyclic) bond motifs is 1. The molecule has 0 spiro atoms. The van der Waals surface area contributed by atoms with Crippen LogP contribution in [0.4, 0.5) is 5.69 Å². The smallest absolute Gasteiger partial charge is 0.323 e. The fourth-order valence-corrected chi connectivity index (χ4v) is 2.76. The van der Waals surface area contributed by atoms with Gasteiger partial charge in [0, 0.05) is 5.69 Å². The lowest BCUT2D eigenvalue weighted by Crippen LogP contribution is -2.30. The van der Waals surface area contributed by atoms with Gasteiger partial charge in [0.25, 0.3) is 0 Å². The van der Waals surface area contributed by atoms with Gasteiger partial charge in [0.15, 0.2) is 0 Å². The number of hydrogen-bond donors (Lipinski definition) is 1. The number of carboxylic acids is 1. The van der Waals surface area contributed by atoms with E-state index in [1.165, 1.54) is 11.1 Å². The Morgan fingerprint density at radius 2 is 1.79 bits per heavy atom. The molecule has 1 atom stereocenters.